The van der Waals surface area contributed by atoms with E-state index in [9.17, 15) is 20.3 Å². The predicted molar refractivity (Wildman–Crippen MR) is 71.8 cm³/mol. The second kappa shape index (κ2) is 5.55. The Bertz CT molecular complexity index is 514. The van der Waals surface area contributed by atoms with Crippen molar-refractivity contribution < 1.29 is 15.1 Å². The van der Waals surface area contributed by atoms with E-state index in [0.717, 1.165) is 0 Å². The highest BCUT2D eigenvalue weighted by molar-refractivity contribution is 5.63. The molecule has 0 aromatic carbocycles. The maximum Gasteiger partial charge on any atom is 0.332 e. The third kappa shape index (κ3) is 2.63. The van der Waals surface area contributed by atoms with Gasteiger partial charge in [-0.3, -0.25) is 10.1 Å². The molecule has 110 valence electrons. The third-order valence-electron chi connectivity index (χ3n) is 3.12. The van der Waals surface area contributed by atoms with Gasteiger partial charge in [-0.25, -0.2) is 4.98 Å². The molecule has 2 heterocycles. The topological polar surface area (TPSA) is 125 Å². The van der Waals surface area contributed by atoms with E-state index in [1.54, 1.807) is 0 Å². The fourth-order valence-corrected chi connectivity index (χ4v) is 2.17. The molecule has 0 bridgehead atoms. The number of nitrogens with zero attached hydrogens (tertiary/aromatic N) is 4. The first-order valence-electron chi connectivity index (χ1n) is 6.32. The fraction of sp³-hybridized carbons (Fsp3) is 0.636. The first kappa shape index (κ1) is 14.4. The first-order valence-corrected chi connectivity index (χ1v) is 6.32. The minimum absolute atomic E-state index is 0.101. The Morgan fingerprint density at radius 3 is 2.50 bits per heavy atom. The number of rotatable bonds is 4. The zero-order chi connectivity index (χ0) is 14.9. The van der Waals surface area contributed by atoms with Crippen molar-refractivity contribution in [1.82, 2.24) is 9.97 Å². The number of nitrogens with one attached hydrogen (secondary N) is 1. The van der Waals surface area contributed by atoms with Gasteiger partial charge >= 0.3 is 5.69 Å². The molecule has 9 nitrogen and oxygen atoms in total. The smallest absolute Gasteiger partial charge is 0.332 e. The van der Waals surface area contributed by atoms with Gasteiger partial charge in [0.15, 0.2) is 0 Å². The van der Waals surface area contributed by atoms with Crippen molar-refractivity contribution in [3.8, 4) is 0 Å². The quantitative estimate of drug-likeness (QED) is 0.506. The Labute approximate surface area is 115 Å². The number of hydrogen-bond acceptors (Lipinski definition) is 8. The minimum Gasteiger partial charge on any atom is -0.389 e. The molecule has 2 unspecified atom stereocenters. The molecule has 1 fully saturated rings. The summed E-state index contributed by atoms with van der Waals surface area (Å²) in [5.74, 6) is 0.413. The van der Waals surface area contributed by atoms with E-state index in [1.165, 1.54) is 11.8 Å². The molecule has 2 rings (SSSR count). The summed E-state index contributed by atoms with van der Waals surface area (Å²) in [6.07, 6.45) is -1.88. The van der Waals surface area contributed by atoms with Gasteiger partial charge in [0.05, 0.1) is 17.1 Å². The predicted octanol–water partition coefficient (Wildman–Crippen LogP) is -0.333. The monoisotopic (exact) mass is 283 g/mol. The number of aryl methyl sites for hydroxylation is 1. The largest absolute Gasteiger partial charge is 0.389 e. The highest BCUT2D eigenvalue weighted by Crippen LogP contribution is 2.32. The molecule has 0 spiro atoms. The van der Waals surface area contributed by atoms with Crippen LogP contribution in [0.1, 0.15) is 12.6 Å². The summed E-state index contributed by atoms with van der Waals surface area (Å²) in [4.78, 5) is 20.3. The molecule has 1 aliphatic heterocycles. The van der Waals surface area contributed by atoms with Crippen LogP contribution in [0.25, 0.3) is 0 Å². The van der Waals surface area contributed by atoms with Crippen LogP contribution in [-0.4, -0.2) is 56.9 Å². The Kier molecular flexibility index (Phi) is 4.00. The second-order valence-corrected chi connectivity index (χ2v) is 4.63. The molecule has 0 aliphatic carbocycles. The van der Waals surface area contributed by atoms with E-state index < -0.39 is 17.1 Å². The molecule has 3 N–H and O–H groups in total. The Morgan fingerprint density at radius 1 is 1.40 bits per heavy atom. The molecule has 0 radical (unpaired) electrons. The zero-order valence-corrected chi connectivity index (χ0v) is 11.3. The molecule has 2 atom stereocenters. The average Bonchev–Trinajstić information content (AvgIpc) is 2.68. The zero-order valence-electron chi connectivity index (χ0n) is 11.3. The van der Waals surface area contributed by atoms with Crippen molar-refractivity contribution >= 4 is 17.5 Å². The molecule has 0 amide bonds. The summed E-state index contributed by atoms with van der Waals surface area (Å²) in [6, 6.07) is 0. The van der Waals surface area contributed by atoms with Crippen LogP contribution >= 0.6 is 0 Å². The average molecular weight is 283 g/mol. The number of hydrogen-bond donors (Lipinski definition) is 3. The van der Waals surface area contributed by atoms with Gasteiger partial charge in [-0.1, -0.05) is 0 Å². The molecular formula is C11H17N5O4. The van der Waals surface area contributed by atoms with Crippen LogP contribution in [0.3, 0.4) is 0 Å². The second-order valence-electron chi connectivity index (χ2n) is 4.63. The molecule has 0 saturated carbocycles. The van der Waals surface area contributed by atoms with Crippen molar-refractivity contribution in [3.63, 3.8) is 0 Å². The maximum absolute atomic E-state index is 11.2. The highest BCUT2D eigenvalue weighted by atomic mass is 16.6. The van der Waals surface area contributed by atoms with Crippen LogP contribution in [0, 0.1) is 17.0 Å². The lowest BCUT2D eigenvalue weighted by Crippen LogP contribution is -2.24. The molecule has 9 heteroatoms. The number of aliphatic hydroxyl groups is 2. The van der Waals surface area contributed by atoms with Crippen molar-refractivity contribution in [2.24, 2.45) is 0 Å². The van der Waals surface area contributed by atoms with Gasteiger partial charge in [0.25, 0.3) is 0 Å². The van der Waals surface area contributed by atoms with Gasteiger partial charge in [-0.15, -0.1) is 0 Å². The van der Waals surface area contributed by atoms with Gasteiger partial charge in [0, 0.05) is 19.6 Å². The van der Waals surface area contributed by atoms with Crippen molar-refractivity contribution in [3.05, 3.63) is 15.8 Å². The number of aromatic nitrogens is 2. The number of anilines is 2. The Balaban J connectivity index is 2.45. The summed E-state index contributed by atoms with van der Waals surface area (Å²) in [6.45, 7) is 4.19. The molecule has 20 heavy (non-hydrogen) atoms. The summed E-state index contributed by atoms with van der Waals surface area (Å²) in [5.41, 5.74) is 0.0415. The lowest BCUT2D eigenvalue weighted by molar-refractivity contribution is -0.385. The highest BCUT2D eigenvalue weighted by Gasteiger charge is 2.35. The lowest BCUT2D eigenvalue weighted by atomic mass is 10.3. The molecule has 1 aromatic rings. The van der Waals surface area contributed by atoms with Crippen molar-refractivity contribution in [1.29, 1.82) is 0 Å². The van der Waals surface area contributed by atoms with Crippen LogP contribution in [0.5, 0.6) is 0 Å². The van der Waals surface area contributed by atoms with E-state index in [1.807, 2.05) is 6.92 Å². The number of nitro groups is 1. The van der Waals surface area contributed by atoms with Crippen LogP contribution in [0.2, 0.25) is 0 Å². The normalized spacial score (nSPS) is 22.1. The van der Waals surface area contributed by atoms with Crippen molar-refractivity contribution in [2.45, 2.75) is 26.1 Å². The standard InChI is InChI=1S/C11H17N5O4/c1-3-12-11-13-6(2)9(16(19)20)10(14-11)15-4-7(17)8(18)5-15/h7-8,17-18H,3-5H2,1-2H3,(H,12,13,14). The van der Waals surface area contributed by atoms with Crippen LogP contribution in [0.15, 0.2) is 0 Å². The van der Waals surface area contributed by atoms with E-state index in [2.05, 4.69) is 15.3 Å². The van der Waals surface area contributed by atoms with Crippen LogP contribution in [-0.2, 0) is 0 Å². The van der Waals surface area contributed by atoms with Crippen molar-refractivity contribution in [2.75, 3.05) is 29.9 Å². The molecule has 1 saturated heterocycles. The summed E-state index contributed by atoms with van der Waals surface area (Å²) in [7, 11) is 0. The lowest BCUT2D eigenvalue weighted by Gasteiger charge is -2.17. The Hall–Kier alpha value is -2.00. The van der Waals surface area contributed by atoms with E-state index in [4.69, 9.17) is 0 Å². The molecule has 1 aliphatic rings. The van der Waals surface area contributed by atoms with Crippen LogP contribution in [0.4, 0.5) is 17.5 Å². The Morgan fingerprint density at radius 2 is 2.00 bits per heavy atom. The summed E-state index contributed by atoms with van der Waals surface area (Å²) >= 11 is 0. The fourth-order valence-electron chi connectivity index (χ4n) is 2.17. The first-order chi connectivity index (χ1) is 9.43. The molecule has 1 aromatic heterocycles. The van der Waals surface area contributed by atoms with Gasteiger partial charge in [0.1, 0.15) is 5.69 Å². The van der Waals surface area contributed by atoms with E-state index >= 15 is 0 Å². The van der Waals surface area contributed by atoms with Gasteiger partial charge in [-0.05, 0) is 13.8 Å². The van der Waals surface area contributed by atoms with Gasteiger partial charge < -0.3 is 20.4 Å². The summed E-state index contributed by atoms with van der Waals surface area (Å²) < 4.78 is 0. The SMILES string of the molecule is CCNc1nc(C)c([N+](=O)[O-])c(N2CC(O)C(O)C2)n1. The molecular weight excluding hydrogens is 266 g/mol. The van der Waals surface area contributed by atoms with E-state index in [-0.39, 0.29) is 30.3 Å². The van der Waals surface area contributed by atoms with Gasteiger partial charge in [0.2, 0.25) is 11.8 Å². The van der Waals surface area contributed by atoms with Crippen LogP contribution < -0.4 is 10.2 Å². The number of aliphatic hydroxyl groups excluding tert-OH is 2. The van der Waals surface area contributed by atoms with E-state index in [0.29, 0.717) is 12.5 Å². The maximum atomic E-state index is 11.2. The summed E-state index contributed by atoms with van der Waals surface area (Å²) in [5, 5.41) is 33.2. The number of β-amino-alcohol motifs (C(OH)–C–C–N with tert-alkyl or cyclic N) is 2. The third-order valence-corrected chi connectivity index (χ3v) is 3.12. The minimum atomic E-state index is -0.938. The van der Waals surface area contributed by atoms with Gasteiger partial charge in [-0.2, -0.15) is 4.98 Å².